The summed E-state index contributed by atoms with van der Waals surface area (Å²) in [7, 11) is 0. The number of epoxide rings is 1. The lowest BCUT2D eigenvalue weighted by Gasteiger charge is -2.38. The molecule has 46 heavy (non-hydrogen) atoms. The second-order valence-electron chi connectivity index (χ2n) is 14.3. The van der Waals surface area contributed by atoms with Crippen LogP contribution in [-0.4, -0.2) is 112 Å². The number of rotatable bonds is 10. The first-order valence-corrected chi connectivity index (χ1v) is 17.3. The molecule has 0 aliphatic carbocycles. The molecule has 0 spiro atoms. The SMILES string of the molecule is CCC(O)C(C)C1OC1CC(C)/C=C/C=C(\C)C1OC(=O)CC(O)CCC(C)(O)C(OC(=O)N2CCN(C(C)C)CC2)/C=C\C1C. The number of amides is 1. The van der Waals surface area contributed by atoms with Gasteiger partial charge in [0.05, 0.1) is 30.8 Å². The second-order valence-corrected chi connectivity index (χ2v) is 14.3. The van der Waals surface area contributed by atoms with E-state index in [4.69, 9.17) is 14.2 Å². The normalized spacial score (nSPS) is 34.7. The van der Waals surface area contributed by atoms with Gasteiger partial charge in [-0.05, 0) is 70.9 Å². The Balaban J connectivity index is 1.70. The van der Waals surface area contributed by atoms with Crippen molar-refractivity contribution in [3.05, 3.63) is 36.0 Å². The van der Waals surface area contributed by atoms with Gasteiger partial charge in [0.1, 0.15) is 11.7 Å². The third-order valence-corrected chi connectivity index (χ3v) is 9.87. The van der Waals surface area contributed by atoms with Crippen molar-refractivity contribution in [2.75, 3.05) is 26.2 Å². The van der Waals surface area contributed by atoms with Crippen LogP contribution in [0, 0.1) is 17.8 Å². The van der Waals surface area contributed by atoms with E-state index >= 15 is 0 Å². The van der Waals surface area contributed by atoms with Crippen LogP contribution in [0.3, 0.4) is 0 Å². The molecule has 0 aromatic rings. The number of esters is 1. The number of cyclic esters (lactones) is 1. The Hall–Kier alpha value is -2.24. The van der Waals surface area contributed by atoms with Gasteiger partial charge in [0, 0.05) is 44.1 Å². The first kappa shape index (κ1) is 38.2. The van der Waals surface area contributed by atoms with E-state index in [0.717, 1.165) is 25.1 Å². The van der Waals surface area contributed by atoms with E-state index < -0.39 is 36.0 Å². The van der Waals surface area contributed by atoms with Crippen molar-refractivity contribution in [2.24, 2.45) is 17.8 Å². The number of carbonyl (C=O) groups is 2. The summed E-state index contributed by atoms with van der Waals surface area (Å²) in [5.74, 6) is -0.444. The Kier molecular flexibility index (Phi) is 14.3. The number of hydrogen-bond acceptors (Lipinski definition) is 9. The molecular formula is C36H60N2O8. The van der Waals surface area contributed by atoms with Gasteiger partial charge in [0.15, 0.2) is 6.10 Å². The molecule has 10 nitrogen and oxygen atoms in total. The molecule has 3 aliphatic heterocycles. The van der Waals surface area contributed by atoms with Crippen LogP contribution in [0.25, 0.3) is 0 Å². The molecule has 0 bridgehead atoms. The summed E-state index contributed by atoms with van der Waals surface area (Å²) in [6.07, 6.45) is 8.02. The highest BCUT2D eigenvalue weighted by Gasteiger charge is 2.45. The molecule has 0 radical (unpaired) electrons. The lowest BCUT2D eigenvalue weighted by Crippen LogP contribution is -2.52. The van der Waals surface area contributed by atoms with Crippen molar-refractivity contribution in [2.45, 2.75) is 136 Å². The number of allylic oxidation sites excluding steroid dienone is 3. The molecule has 10 heteroatoms. The minimum atomic E-state index is -1.45. The molecule has 262 valence electrons. The van der Waals surface area contributed by atoms with Crippen molar-refractivity contribution in [3.8, 4) is 0 Å². The Morgan fingerprint density at radius 3 is 2.48 bits per heavy atom. The van der Waals surface area contributed by atoms with E-state index in [9.17, 15) is 24.9 Å². The quantitative estimate of drug-likeness (QED) is 0.134. The summed E-state index contributed by atoms with van der Waals surface area (Å²) in [5.41, 5.74) is -0.629. The molecule has 10 atom stereocenters. The number of nitrogens with zero attached hydrogens (tertiary/aromatic N) is 2. The third-order valence-electron chi connectivity index (χ3n) is 9.87. The van der Waals surface area contributed by atoms with Crippen LogP contribution in [0.1, 0.15) is 87.5 Å². The summed E-state index contributed by atoms with van der Waals surface area (Å²) in [6.45, 7) is 18.4. The van der Waals surface area contributed by atoms with Crippen LogP contribution in [0.4, 0.5) is 4.79 Å². The lowest BCUT2D eigenvalue weighted by molar-refractivity contribution is -0.151. The first-order valence-electron chi connectivity index (χ1n) is 17.3. The van der Waals surface area contributed by atoms with E-state index in [1.54, 1.807) is 17.9 Å². The largest absolute Gasteiger partial charge is 0.457 e. The molecular weight excluding hydrogens is 588 g/mol. The topological polar surface area (TPSA) is 132 Å². The van der Waals surface area contributed by atoms with Gasteiger partial charge in [-0.3, -0.25) is 9.69 Å². The molecule has 0 aromatic heterocycles. The molecule has 1 amide bonds. The molecule has 0 aromatic carbocycles. The lowest BCUT2D eigenvalue weighted by atomic mass is 9.88. The molecule has 3 heterocycles. The van der Waals surface area contributed by atoms with Gasteiger partial charge in [0.25, 0.3) is 0 Å². The van der Waals surface area contributed by atoms with Crippen molar-refractivity contribution >= 4 is 12.1 Å². The van der Waals surface area contributed by atoms with Gasteiger partial charge in [-0.25, -0.2) is 4.79 Å². The number of piperazine rings is 1. The minimum Gasteiger partial charge on any atom is -0.457 e. The third kappa shape index (κ3) is 11.2. The maximum absolute atomic E-state index is 13.2. The van der Waals surface area contributed by atoms with Crippen LogP contribution in [0.2, 0.25) is 0 Å². The maximum atomic E-state index is 13.2. The van der Waals surface area contributed by atoms with Gasteiger partial charge in [-0.1, -0.05) is 52.0 Å². The van der Waals surface area contributed by atoms with Gasteiger partial charge >= 0.3 is 12.1 Å². The Morgan fingerprint density at radius 2 is 1.85 bits per heavy atom. The van der Waals surface area contributed by atoms with Gasteiger partial charge in [-0.15, -0.1) is 0 Å². The zero-order valence-electron chi connectivity index (χ0n) is 29.3. The maximum Gasteiger partial charge on any atom is 0.410 e. The van der Waals surface area contributed by atoms with E-state index in [-0.39, 0.29) is 55.3 Å². The Labute approximate surface area is 276 Å². The fourth-order valence-electron chi connectivity index (χ4n) is 6.39. The van der Waals surface area contributed by atoms with E-state index in [1.165, 1.54) is 0 Å². The zero-order valence-corrected chi connectivity index (χ0v) is 29.3. The van der Waals surface area contributed by atoms with E-state index in [2.05, 4.69) is 31.7 Å². The second kappa shape index (κ2) is 17.2. The standard InChI is InChI=1S/C36H60N2O8/c1-9-29(40)27(7)34-30(44-34)21-24(4)11-10-12-25(5)33-26(6)13-14-31(36(8,43)16-15-28(39)22-32(41)46-33)45-35(42)38-19-17-37(18-20-38)23(2)3/h10-14,23-24,26-31,33-34,39-40,43H,9,15-22H2,1-8H3/b11-10+,14-13-,25-12+. The molecule has 3 rings (SSSR count). The monoisotopic (exact) mass is 648 g/mol. The smallest absolute Gasteiger partial charge is 0.410 e. The average molecular weight is 649 g/mol. The Morgan fingerprint density at radius 1 is 1.17 bits per heavy atom. The predicted molar refractivity (Wildman–Crippen MR) is 178 cm³/mol. The van der Waals surface area contributed by atoms with E-state index in [1.807, 2.05) is 45.9 Å². The average Bonchev–Trinajstić information content (AvgIpc) is 3.77. The molecule has 3 N–H and O–H groups in total. The number of aliphatic hydroxyl groups excluding tert-OH is 2. The number of carbonyl (C=O) groups excluding carboxylic acids is 2. The van der Waals surface area contributed by atoms with Crippen molar-refractivity contribution in [1.82, 2.24) is 9.80 Å². The molecule has 2 saturated heterocycles. The van der Waals surface area contributed by atoms with Crippen LogP contribution >= 0.6 is 0 Å². The highest BCUT2D eigenvalue weighted by Crippen LogP contribution is 2.36. The fraction of sp³-hybridized carbons (Fsp3) is 0.778. The Bertz CT molecular complexity index is 1080. The molecule has 3 aliphatic rings. The number of aliphatic hydroxyl groups is 3. The fourth-order valence-corrected chi connectivity index (χ4v) is 6.39. The van der Waals surface area contributed by atoms with Crippen molar-refractivity contribution < 1.29 is 39.1 Å². The highest BCUT2D eigenvalue weighted by molar-refractivity contribution is 5.70. The van der Waals surface area contributed by atoms with Crippen molar-refractivity contribution in [3.63, 3.8) is 0 Å². The number of ether oxygens (including phenoxy) is 3. The summed E-state index contributed by atoms with van der Waals surface area (Å²) in [6, 6.07) is 0.402. The first-order chi connectivity index (χ1) is 21.6. The van der Waals surface area contributed by atoms with Crippen molar-refractivity contribution in [1.29, 1.82) is 0 Å². The van der Waals surface area contributed by atoms with Crippen LogP contribution in [-0.2, 0) is 19.0 Å². The van der Waals surface area contributed by atoms with Gasteiger partial charge < -0.3 is 34.4 Å². The van der Waals surface area contributed by atoms with E-state index in [0.29, 0.717) is 25.6 Å². The summed E-state index contributed by atoms with van der Waals surface area (Å²) >= 11 is 0. The molecule has 10 unspecified atom stereocenters. The zero-order chi connectivity index (χ0) is 34.2. The molecule has 2 fully saturated rings. The van der Waals surface area contributed by atoms with Crippen LogP contribution in [0.15, 0.2) is 36.0 Å². The highest BCUT2D eigenvalue weighted by atomic mass is 16.6. The summed E-state index contributed by atoms with van der Waals surface area (Å²) in [4.78, 5) is 30.0. The van der Waals surface area contributed by atoms with Crippen LogP contribution in [0.5, 0.6) is 0 Å². The minimum absolute atomic E-state index is 0.0978. The van der Waals surface area contributed by atoms with Gasteiger partial charge in [0.2, 0.25) is 0 Å². The predicted octanol–water partition coefficient (Wildman–Crippen LogP) is 4.62. The van der Waals surface area contributed by atoms with Crippen LogP contribution < -0.4 is 0 Å². The number of hydrogen-bond donors (Lipinski definition) is 3. The van der Waals surface area contributed by atoms with Gasteiger partial charge in [-0.2, -0.15) is 0 Å². The molecule has 0 saturated carbocycles. The summed E-state index contributed by atoms with van der Waals surface area (Å²) < 4.78 is 17.6. The summed E-state index contributed by atoms with van der Waals surface area (Å²) in [5, 5.41) is 32.2.